The molecule has 0 aliphatic rings. The summed E-state index contributed by atoms with van der Waals surface area (Å²) in [5, 5.41) is 12.6. The van der Waals surface area contributed by atoms with Crippen LogP contribution in [-0.4, -0.2) is 50.3 Å². The third-order valence-corrected chi connectivity index (χ3v) is 3.45. The van der Waals surface area contributed by atoms with Crippen LogP contribution >= 0.6 is 0 Å². The first-order chi connectivity index (χ1) is 8.53. The van der Waals surface area contributed by atoms with Crippen molar-refractivity contribution in [3.8, 4) is 6.07 Å². The zero-order valence-corrected chi connectivity index (χ0v) is 12.6. The summed E-state index contributed by atoms with van der Waals surface area (Å²) in [5.74, 6) is 0. The summed E-state index contributed by atoms with van der Waals surface area (Å²) in [6.07, 6.45) is 3.05. The van der Waals surface area contributed by atoms with Crippen molar-refractivity contribution in [3.05, 3.63) is 0 Å². The van der Waals surface area contributed by atoms with Gasteiger partial charge in [0.1, 0.15) is 5.54 Å². The highest BCUT2D eigenvalue weighted by Crippen LogP contribution is 2.16. The minimum atomic E-state index is -0.345. The van der Waals surface area contributed by atoms with Crippen molar-refractivity contribution in [2.45, 2.75) is 51.7 Å². The van der Waals surface area contributed by atoms with Crippen LogP contribution in [0.25, 0.3) is 0 Å². The number of rotatable bonds is 10. The van der Waals surface area contributed by atoms with Crippen LogP contribution in [0.3, 0.4) is 0 Å². The van der Waals surface area contributed by atoms with E-state index in [-0.39, 0.29) is 11.6 Å². The van der Waals surface area contributed by atoms with Gasteiger partial charge in [0.05, 0.1) is 12.2 Å². The minimum absolute atomic E-state index is 0.260. The summed E-state index contributed by atoms with van der Waals surface area (Å²) in [6.45, 7) is 8.97. The molecular weight excluding hydrogens is 226 g/mol. The lowest BCUT2D eigenvalue weighted by Crippen LogP contribution is -2.43. The van der Waals surface area contributed by atoms with Gasteiger partial charge >= 0.3 is 0 Å². The van der Waals surface area contributed by atoms with Gasteiger partial charge in [-0.3, -0.25) is 5.32 Å². The van der Waals surface area contributed by atoms with Crippen LogP contribution in [0.2, 0.25) is 0 Å². The lowest BCUT2D eigenvalue weighted by Gasteiger charge is -2.27. The molecule has 4 heteroatoms. The molecule has 0 bridgehead atoms. The number of nitriles is 1. The smallest absolute Gasteiger partial charge is 0.106 e. The van der Waals surface area contributed by atoms with Crippen molar-refractivity contribution in [2.24, 2.45) is 0 Å². The molecule has 0 rings (SSSR count). The van der Waals surface area contributed by atoms with Gasteiger partial charge in [-0.15, -0.1) is 0 Å². The highest BCUT2D eigenvalue weighted by Gasteiger charge is 2.25. The molecule has 0 aromatic rings. The second kappa shape index (κ2) is 9.32. The Morgan fingerprint density at radius 1 is 1.44 bits per heavy atom. The highest BCUT2D eigenvalue weighted by atomic mass is 16.5. The van der Waals surface area contributed by atoms with E-state index in [2.05, 4.69) is 37.2 Å². The second-order valence-corrected chi connectivity index (χ2v) is 4.99. The van der Waals surface area contributed by atoms with Crippen molar-refractivity contribution in [1.29, 1.82) is 5.26 Å². The molecule has 0 aliphatic carbocycles. The molecule has 2 unspecified atom stereocenters. The number of hydrogen-bond donors (Lipinski definition) is 1. The van der Waals surface area contributed by atoms with Gasteiger partial charge in [0, 0.05) is 13.7 Å². The molecule has 0 heterocycles. The lowest BCUT2D eigenvalue weighted by molar-refractivity contribution is 0.0847. The topological polar surface area (TPSA) is 48.3 Å². The number of nitrogens with zero attached hydrogens (tertiary/aromatic N) is 2. The van der Waals surface area contributed by atoms with Gasteiger partial charge in [-0.1, -0.05) is 13.8 Å². The van der Waals surface area contributed by atoms with Crippen molar-refractivity contribution in [1.82, 2.24) is 10.2 Å². The average molecular weight is 255 g/mol. The Morgan fingerprint density at radius 2 is 2.11 bits per heavy atom. The maximum absolute atomic E-state index is 9.31. The fraction of sp³-hybridized carbons (Fsp3) is 0.929. The van der Waals surface area contributed by atoms with Gasteiger partial charge in [0.25, 0.3) is 0 Å². The van der Waals surface area contributed by atoms with E-state index in [0.717, 1.165) is 38.9 Å². The van der Waals surface area contributed by atoms with Crippen molar-refractivity contribution >= 4 is 0 Å². The fourth-order valence-corrected chi connectivity index (χ4v) is 2.16. The Bertz CT molecular complexity index is 252. The van der Waals surface area contributed by atoms with E-state index in [1.807, 2.05) is 6.92 Å². The lowest BCUT2D eigenvalue weighted by atomic mass is 9.92. The van der Waals surface area contributed by atoms with E-state index in [1.54, 1.807) is 7.11 Å². The highest BCUT2D eigenvalue weighted by molar-refractivity contribution is 5.05. The normalized spacial score (nSPS) is 16.3. The minimum Gasteiger partial charge on any atom is -0.380 e. The van der Waals surface area contributed by atoms with Gasteiger partial charge in [0.2, 0.25) is 0 Å². The molecule has 0 saturated carbocycles. The molecule has 4 nitrogen and oxygen atoms in total. The third kappa shape index (κ3) is 6.34. The summed E-state index contributed by atoms with van der Waals surface area (Å²) in [7, 11) is 3.84. The quantitative estimate of drug-likeness (QED) is 0.649. The average Bonchev–Trinajstić information content (AvgIpc) is 2.37. The van der Waals surface area contributed by atoms with E-state index in [1.165, 1.54) is 0 Å². The molecule has 0 radical (unpaired) electrons. The Labute approximate surface area is 112 Å². The van der Waals surface area contributed by atoms with Crippen LogP contribution in [0.15, 0.2) is 0 Å². The monoisotopic (exact) mass is 255 g/mol. The van der Waals surface area contributed by atoms with Gasteiger partial charge in [-0.25, -0.2) is 0 Å². The molecule has 106 valence electrons. The molecule has 0 aromatic carbocycles. The maximum Gasteiger partial charge on any atom is 0.106 e. The predicted octanol–water partition coefficient (Wildman–Crippen LogP) is 2.02. The summed E-state index contributed by atoms with van der Waals surface area (Å²) in [6, 6.07) is 2.44. The number of methoxy groups -OCH3 is 1. The third-order valence-electron chi connectivity index (χ3n) is 3.45. The molecule has 1 N–H and O–H groups in total. The van der Waals surface area contributed by atoms with E-state index >= 15 is 0 Å². The zero-order chi connectivity index (χ0) is 14.0. The summed E-state index contributed by atoms with van der Waals surface area (Å²) in [5.41, 5.74) is -0.345. The Hall–Kier alpha value is -0.630. The van der Waals surface area contributed by atoms with E-state index in [0.29, 0.717) is 0 Å². The summed E-state index contributed by atoms with van der Waals surface area (Å²) >= 11 is 0. The molecule has 0 fully saturated rings. The fourth-order valence-electron chi connectivity index (χ4n) is 2.16. The van der Waals surface area contributed by atoms with Gasteiger partial charge in [0.15, 0.2) is 0 Å². The zero-order valence-electron chi connectivity index (χ0n) is 12.6. The van der Waals surface area contributed by atoms with Crippen LogP contribution < -0.4 is 5.32 Å². The van der Waals surface area contributed by atoms with Crippen molar-refractivity contribution in [3.63, 3.8) is 0 Å². The van der Waals surface area contributed by atoms with Crippen LogP contribution in [0.5, 0.6) is 0 Å². The van der Waals surface area contributed by atoms with Gasteiger partial charge < -0.3 is 9.64 Å². The summed E-state index contributed by atoms with van der Waals surface area (Å²) < 4.78 is 5.24. The first-order valence-corrected chi connectivity index (χ1v) is 6.91. The Kier molecular flexibility index (Phi) is 8.99. The number of hydrogen-bond acceptors (Lipinski definition) is 4. The van der Waals surface area contributed by atoms with Crippen LogP contribution in [0.4, 0.5) is 0 Å². The SMILES string of the molecule is CCNC(C#N)(CC)CCCN(C)CC(C)OC. The van der Waals surface area contributed by atoms with Crippen molar-refractivity contribution in [2.75, 3.05) is 33.8 Å². The van der Waals surface area contributed by atoms with Crippen molar-refractivity contribution < 1.29 is 4.74 Å². The molecular formula is C14H29N3O. The van der Waals surface area contributed by atoms with E-state index < -0.39 is 0 Å². The van der Waals surface area contributed by atoms with Gasteiger partial charge in [-0.05, 0) is 46.3 Å². The van der Waals surface area contributed by atoms with Gasteiger partial charge in [-0.2, -0.15) is 5.26 Å². The molecule has 18 heavy (non-hydrogen) atoms. The molecule has 0 saturated heterocycles. The largest absolute Gasteiger partial charge is 0.380 e. The first kappa shape index (κ1) is 17.4. The van der Waals surface area contributed by atoms with Crippen LogP contribution in [0, 0.1) is 11.3 Å². The summed E-state index contributed by atoms with van der Waals surface area (Å²) in [4.78, 5) is 2.26. The van der Waals surface area contributed by atoms with E-state index in [4.69, 9.17) is 4.74 Å². The van der Waals surface area contributed by atoms with Crippen LogP contribution in [0.1, 0.15) is 40.0 Å². The second-order valence-electron chi connectivity index (χ2n) is 4.99. The molecule has 2 atom stereocenters. The molecule has 0 aromatic heterocycles. The Balaban J connectivity index is 4.03. The number of ether oxygens (including phenoxy) is 1. The standard InChI is InChI=1S/C14H29N3O/c1-6-14(12-15,16-7-2)9-8-10-17(4)11-13(3)18-5/h13,16H,6-11H2,1-5H3. The molecule has 0 amide bonds. The molecule has 0 spiro atoms. The number of nitrogens with one attached hydrogen (secondary N) is 1. The number of likely N-dealkylation sites (N-methyl/N-ethyl adjacent to an activating group) is 1. The predicted molar refractivity (Wildman–Crippen MR) is 75.5 cm³/mol. The van der Waals surface area contributed by atoms with E-state index in [9.17, 15) is 5.26 Å². The first-order valence-electron chi connectivity index (χ1n) is 6.91. The Morgan fingerprint density at radius 3 is 2.56 bits per heavy atom. The molecule has 0 aliphatic heterocycles. The van der Waals surface area contributed by atoms with Crippen LogP contribution in [-0.2, 0) is 4.74 Å². The maximum atomic E-state index is 9.31.